The number of fused-ring (bicyclic) bond motifs is 14. The Morgan fingerprint density at radius 3 is 1.62 bits per heavy atom. The molecule has 13 atom stereocenters. The van der Waals surface area contributed by atoms with E-state index in [4.69, 9.17) is 4.18 Å². The Hall–Kier alpha value is -4.16. The van der Waals surface area contributed by atoms with E-state index in [1.165, 1.54) is 5.57 Å². The predicted molar refractivity (Wildman–Crippen MR) is 273 cm³/mol. The van der Waals surface area contributed by atoms with Crippen molar-refractivity contribution in [1.82, 2.24) is 0 Å². The van der Waals surface area contributed by atoms with Gasteiger partial charge in [0.25, 0.3) is 10.1 Å². The lowest BCUT2D eigenvalue weighted by atomic mass is 9.34. The Morgan fingerprint density at radius 1 is 0.648 bits per heavy atom. The summed E-state index contributed by atoms with van der Waals surface area (Å²) in [4.78, 5) is 37.2. The number of aliphatic hydroxyl groups excluding tert-OH is 1. The number of rotatable bonds is 4. The van der Waals surface area contributed by atoms with Gasteiger partial charge in [0.15, 0.2) is 17.3 Å². The summed E-state index contributed by atoms with van der Waals surface area (Å²) >= 11 is 0. The molecule has 0 amide bonds. The Morgan fingerprint density at radius 2 is 1.13 bits per heavy atom. The van der Waals surface area contributed by atoms with Gasteiger partial charge in [-0.1, -0.05) is 84.8 Å². The molecule has 0 saturated heterocycles. The van der Waals surface area contributed by atoms with Crippen LogP contribution in [-0.4, -0.2) is 58.8 Å². The average Bonchev–Trinajstić information content (AvgIpc) is 3.30. The molecule has 1 aromatic carbocycles. The maximum atomic E-state index is 13.4. The second-order valence-corrected chi connectivity index (χ2v) is 28.6. The first-order valence-corrected chi connectivity index (χ1v) is 27.7. The van der Waals surface area contributed by atoms with Gasteiger partial charge in [0.1, 0.15) is 5.25 Å². The minimum absolute atomic E-state index is 0.0000746. The third kappa shape index (κ3) is 6.72. The van der Waals surface area contributed by atoms with E-state index in [2.05, 4.69) is 67.5 Å². The number of hydrogen-bond acceptors (Lipinski definition) is 9. The largest absolute Gasteiger partial charge is 0.504 e. The van der Waals surface area contributed by atoms with Crippen LogP contribution in [0.4, 0.5) is 0 Å². The average molecular weight is 997 g/mol. The van der Waals surface area contributed by atoms with E-state index >= 15 is 0 Å². The van der Waals surface area contributed by atoms with Crippen LogP contribution in [0.1, 0.15) is 188 Å². The summed E-state index contributed by atoms with van der Waals surface area (Å²) in [5, 5.41) is 50.6. The van der Waals surface area contributed by atoms with Gasteiger partial charge in [0.2, 0.25) is 5.78 Å². The van der Waals surface area contributed by atoms with Crippen molar-refractivity contribution in [3.05, 3.63) is 80.7 Å². The molecule has 6 saturated carbocycles. The Labute approximate surface area is 422 Å². The number of aliphatic carboxylic acids is 2. The van der Waals surface area contributed by atoms with Gasteiger partial charge in [-0.25, -0.2) is 0 Å². The number of hydrogen-bond donors (Lipinski definition) is 5. The SMILES string of the molecule is CC1=C(O)C(=O)C=C2C1=CC=C1[C@@]2(C)CC[C@@]2(C)[C@@H]3C[C@](C)(C(=O)O)CC[C@]3(C)CC[C@]12C.COS(=O)(=O)C1C=C2[C@@](C)(CC[C@@]3(C)[C@@H]4C[C@](C)(C(=O)O)CC[C@]4(C)CC[C@]23C)c2cc(O)c(O)c(C)c21. The van der Waals surface area contributed by atoms with Crippen molar-refractivity contribution >= 4 is 27.8 Å². The summed E-state index contributed by atoms with van der Waals surface area (Å²) < 4.78 is 31.7. The molecule has 11 nitrogen and oxygen atoms in total. The van der Waals surface area contributed by atoms with Crippen LogP contribution in [0.25, 0.3) is 0 Å². The van der Waals surface area contributed by atoms with Crippen LogP contribution in [-0.2, 0) is 34.1 Å². The number of carbonyl (C=O) groups excluding carboxylic acids is 1. The van der Waals surface area contributed by atoms with Crippen LogP contribution >= 0.6 is 0 Å². The Kier molecular flexibility index (Phi) is 11.4. The molecule has 0 aliphatic heterocycles. The van der Waals surface area contributed by atoms with Gasteiger partial charge in [-0.05, 0) is 202 Å². The highest BCUT2D eigenvalue weighted by Gasteiger charge is 2.69. The quantitative estimate of drug-likeness (QED) is 0.109. The number of carboxylic acid groups (broad SMARTS) is 2. The van der Waals surface area contributed by atoms with Crippen LogP contribution < -0.4 is 0 Å². The van der Waals surface area contributed by atoms with E-state index in [-0.39, 0.29) is 66.9 Å². The van der Waals surface area contributed by atoms with Crippen molar-refractivity contribution in [2.24, 2.45) is 60.6 Å². The van der Waals surface area contributed by atoms with Crippen LogP contribution in [0.2, 0.25) is 0 Å². The van der Waals surface area contributed by atoms with Gasteiger partial charge in [-0.15, -0.1) is 0 Å². The summed E-state index contributed by atoms with van der Waals surface area (Å²) in [5.41, 5.74) is 4.00. The lowest BCUT2D eigenvalue weighted by molar-refractivity contribution is -0.178. The molecule has 71 heavy (non-hydrogen) atoms. The zero-order chi connectivity index (χ0) is 52.5. The number of allylic oxidation sites excluding steroid dienone is 8. The first-order chi connectivity index (χ1) is 32.6. The minimum atomic E-state index is -4.06. The second-order valence-electron chi connectivity index (χ2n) is 26.8. The van der Waals surface area contributed by atoms with Gasteiger partial charge in [-0.2, -0.15) is 8.42 Å². The topological polar surface area (TPSA) is 196 Å². The van der Waals surface area contributed by atoms with Crippen LogP contribution in [0.3, 0.4) is 0 Å². The molecular weight excluding hydrogens is 917 g/mol. The van der Waals surface area contributed by atoms with Crippen molar-refractivity contribution in [2.75, 3.05) is 7.11 Å². The van der Waals surface area contributed by atoms with Gasteiger partial charge < -0.3 is 25.5 Å². The molecule has 9 aliphatic rings. The molecule has 0 aromatic heterocycles. The third-order valence-corrected chi connectivity index (χ3v) is 25.0. The number of phenolic OH excluding ortho intramolecular Hbond substituents is 2. The van der Waals surface area contributed by atoms with Crippen molar-refractivity contribution < 1.29 is 52.5 Å². The highest BCUT2D eigenvalue weighted by Crippen LogP contribution is 2.77. The third-order valence-electron chi connectivity index (χ3n) is 23.5. The first kappa shape index (κ1) is 51.7. The van der Waals surface area contributed by atoms with Gasteiger partial charge in [0, 0.05) is 16.4 Å². The minimum Gasteiger partial charge on any atom is -0.504 e. The lowest BCUT2D eigenvalue weighted by Gasteiger charge is -2.70. The monoisotopic (exact) mass is 997 g/mol. The number of carboxylic acids is 2. The van der Waals surface area contributed by atoms with E-state index in [9.17, 15) is 48.3 Å². The number of ketones is 1. The van der Waals surface area contributed by atoms with Gasteiger partial charge >= 0.3 is 11.9 Å². The van der Waals surface area contributed by atoms with E-state index < -0.39 is 43.6 Å². The Bertz CT molecular complexity index is 2850. The molecule has 388 valence electrons. The number of aromatic hydroxyl groups is 2. The zero-order valence-electron chi connectivity index (χ0n) is 44.6. The summed E-state index contributed by atoms with van der Waals surface area (Å²) in [6, 6.07) is 1.55. The number of benzene rings is 1. The van der Waals surface area contributed by atoms with Crippen molar-refractivity contribution in [3.63, 3.8) is 0 Å². The van der Waals surface area contributed by atoms with Crippen molar-refractivity contribution in [3.8, 4) is 11.5 Å². The lowest BCUT2D eigenvalue weighted by Crippen LogP contribution is -2.62. The molecule has 12 heteroatoms. The van der Waals surface area contributed by atoms with Gasteiger partial charge in [-0.3, -0.25) is 18.6 Å². The summed E-state index contributed by atoms with van der Waals surface area (Å²) in [7, 11) is -2.90. The molecule has 9 aliphatic carbocycles. The van der Waals surface area contributed by atoms with Crippen LogP contribution in [0.5, 0.6) is 11.5 Å². The van der Waals surface area contributed by atoms with E-state index in [1.807, 2.05) is 26.8 Å². The van der Waals surface area contributed by atoms with E-state index in [1.54, 1.807) is 19.1 Å². The summed E-state index contributed by atoms with van der Waals surface area (Å²) in [6.45, 7) is 25.8. The normalized spacial score (nSPS) is 44.4. The van der Waals surface area contributed by atoms with Gasteiger partial charge in [0.05, 0.1) is 17.9 Å². The maximum Gasteiger partial charge on any atom is 0.309 e. The fourth-order valence-corrected chi connectivity index (χ4v) is 19.0. The molecule has 0 radical (unpaired) electrons. The summed E-state index contributed by atoms with van der Waals surface area (Å²) in [5.74, 6) is -1.86. The van der Waals surface area contributed by atoms with Crippen molar-refractivity contribution in [1.29, 1.82) is 0 Å². The highest BCUT2D eigenvalue weighted by molar-refractivity contribution is 7.87. The highest BCUT2D eigenvalue weighted by atomic mass is 32.2. The molecule has 0 bridgehead atoms. The smallest absolute Gasteiger partial charge is 0.309 e. The summed E-state index contributed by atoms with van der Waals surface area (Å²) in [6.07, 6.45) is 20.1. The predicted octanol–water partition coefficient (Wildman–Crippen LogP) is 12.8. The molecule has 1 aromatic rings. The standard InChI is InChI=1S/C30H42O7S.C29H38O4/c1-17-23-18(14-19(31)24(17)32)28(4)11-13-30(6)22-16-27(3,25(33)34)9-8-26(22,2)10-12-29(30,5)21(28)15-20(23)38(35,36)37-7;1-17-18-7-8-21-27(4,19(18)15-20(30)23(17)31)12-14-29(6)22-16-26(3,24(32)33)10-9-25(22,2)11-13-28(21,29)5/h14-15,20,22,31-32H,8-13,16H2,1-7H3,(H,33,34);7-8,15,22,31H,9-14,16H2,1-6H3,(H,32,33)/t20?,22-,26-,27-,28+,29-,30+;22-,25-,26-,27+,28-,29+/m11/s1. The second kappa shape index (κ2) is 15.7. The molecular formula is C59H80O11S. The number of carbonyl (C=O) groups is 3. The number of phenols is 2. The van der Waals surface area contributed by atoms with E-state index in [0.717, 1.165) is 106 Å². The molecule has 0 spiro atoms. The molecule has 6 fully saturated rings. The van der Waals surface area contributed by atoms with E-state index in [0.29, 0.717) is 35.5 Å². The first-order valence-electron chi connectivity index (χ1n) is 26.3. The van der Waals surface area contributed by atoms with Crippen LogP contribution in [0, 0.1) is 67.5 Å². The Balaban J connectivity index is 0.000000177. The van der Waals surface area contributed by atoms with Crippen LogP contribution in [0.15, 0.2) is 64.0 Å². The molecule has 5 N–H and O–H groups in total. The molecule has 1 unspecified atom stereocenters. The molecule has 0 heterocycles. The zero-order valence-corrected chi connectivity index (χ0v) is 45.4. The molecule has 10 rings (SSSR count). The number of aliphatic hydroxyl groups is 1. The maximum absolute atomic E-state index is 13.4. The van der Waals surface area contributed by atoms with Crippen molar-refractivity contribution in [2.45, 2.75) is 184 Å². The fraction of sp³-hybridized carbons (Fsp3) is 0.678. The fourth-order valence-electron chi connectivity index (χ4n) is 17.9.